The van der Waals surface area contributed by atoms with E-state index in [0.717, 1.165) is 12.8 Å². The monoisotopic (exact) mass is 393 g/mol. The highest BCUT2D eigenvalue weighted by Crippen LogP contribution is 2.22. The molecule has 2 heterocycles. The van der Waals surface area contributed by atoms with Gasteiger partial charge < -0.3 is 9.32 Å². The molecule has 136 valence electrons. The van der Waals surface area contributed by atoms with E-state index >= 15 is 0 Å². The molecule has 2 rings (SSSR count). The maximum atomic E-state index is 12.6. The summed E-state index contributed by atoms with van der Waals surface area (Å²) in [6.07, 6.45) is 4.30. The van der Waals surface area contributed by atoms with Gasteiger partial charge in [0.2, 0.25) is 11.8 Å². The summed E-state index contributed by atoms with van der Waals surface area (Å²) < 4.78 is 28.9. The lowest BCUT2D eigenvalue weighted by molar-refractivity contribution is -0.130. The molecule has 0 bridgehead atoms. The minimum absolute atomic E-state index is 0.0693. The SMILES string of the molecule is CCCCN(C(=O)CSc1nnc(CSC)o1)C1CCS(=O)(=O)C1. The number of rotatable bonds is 9. The molecular weight excluding hydrogens is 370 g/mol. The van der Waals surface area contributed by atoms with Gasteiger partial charge in [0.05, 0.1) is 23.0 Å². The van der Waals surface area contributed by atoms with Gasteiger partial charge >= 0.3 is 0 Å². The molecule has 1 aromatic heterocycles. The highest BCUT2D eigenvalue weighted by atomic mass is 32.2. The fourth-order valence-corrected chi connectivity index (χ4v) is 5.31. The molecule has 1 amide bonds. The molecule has 1 unspecified atom stereocenters. The second-order valence-electron chi connectivity index (χ2n) is 5.68. The highest BCUT2D eigenvalue weighted by molar-refractivity contribution is 7.99. The zero-order valence-corrected chi connectivity index (χ0v) is 16.4. The number of carbonyl (C=O) groups is 1. The summed E-state index contributed by atoms with van der Waals surface area (Å²) in [4.78, 5) is 14.3. The molecule has 10 heteroatoms. The van der Waals surface area contributed by atoms with Gasteiger partial charge in [0.15, 0.2) is 9.84 Å². The van der Waals surface area contributed by atoms with Crippen LogP contribution >= 0.6 is 23.5 Å². The molecule has 1 aromatic rings. The number of carbonyl (C=O) groups excluding carboxylic acids is 1. The van der Waals surface area contributed by atoms with Crippen LogP contribution in [0.25, 0.3) is 0 Å². The average molecular weight is 394 g/mol. The van der Waals surface area contributed by atoms with Gasteiger partial charge in [0.25, 0.3) is 5.22 Å². The third kappa shape index (κ3) is 5.66. The molecular formula is C14H23N3O4S3. The van der Waals surface area contributed by atoms with Crippen molar-refractivity contribution in [1.29, 1.82) is 0 Å². The van der Waals surface area contributed by atoms with Gasteiger partial charge in [-0.1, -0.05) is 25.1 Å². The third-order valence-corrected chi connectivity index (χ3v) is 6.85. The van der Waals surface area contributed by atoms with Crippen molar-refractivity contribution in [1.82, 2.24) is 15.1 Å². The molecule has 0 N–H and O–H groups in total. The van der Waals surface area contributed by atoms with E-state index in [1.165, 1.54) is 11.8 Å². The molecule has 0 aromatic carbocycles. The Hall–Kier alpha value is -0.740. The zero-order valence-electron chi connectivity index (χ0n) is 13.9. The van der Waals surface area contributed by atoms with E-state index in [-0.39, 0.29) is 29.2 Å². The van der Waals surface area contributed by atoms with Crippen LogP contribution < -0.4 is 0 Å². The number of hydrogen-bond donors (Lipinski definition) is 0. The quantitative estimate of drug-likeness (QED) is 0.587. The Balaban J connectivity index is 1.94. The number of amides is 1. The topological polar surface area (TPSA) is 93.4 Å². The highest BCUT2D eigenvalue weighted by Gasteiger charge is 2.34. The second kappa shape index (κ2) is 9.10. The molecule has 1 fully saturated rings. The molecule has 0 spiro atoms. The van der Waals surface area contributed by atoms with E-state index in [2.05, 4.69) is 17.1 Å². The van der Waals surface area contributed by atoms with Gasteiger partial charge in [-0.05, 0) is 19.1 Å². The van der Waals surface area contributed by atoms with Crippen LogP contribution in [-0.2, 0) is 20.4 Å². The van der Waals surface area contributed by atoms with Crippen LogP contribution in [-0.4, -0.2) is 65.5 Å². The van der Waals surface area contributed by atoms with Crippen molar-refractivity contribution in [3.05, 3.63) is 5.89 Å². The van der Waals surface area contributed by atoms with E-state index in [9.17, 15) is 13.2 Å². The number of sulfone groups is 1. The lowest BCUT2D eigenvalue weighted by atomic mass is 10.2. The van der Waals surface area contributed by atoms with Crippen LogP contribution in [0, 0.1) is 0 Å². The fraction of sp³-hybridized carbons (Fsp3) is 0.786. The van der Waals surface area contributed by atoms with Crippen molar-refractivity contribution in [2.45, 2.75) is 43.2 Å². The Bertz CT molecular complexity index is 647. The van der Waals surface area contributed by atoms with Crippen LogP contribution in [0.2, 0.25) is 0 Å². The van der Waals surface area contributed by atoms with Crippen molar-refractivity contribution in [3.8, 4) is 0 Å². The van der Waals surface area contributed by atoms with Crippen molar-refractivity contribution < 1.29 is 17.6 Å². The zero-order chi connectivity index (χ0) is 17.6. The first kappa shape index (κ1) is 19.6. The lowest BCUT2D eigenvalue weighted by Crippen LogP contribution is -2.42. The third-order valence-electron chi connectivity index (χ3n) is 3.76. The molecule has 7 nitrogen and oxygen atoms in total. The molecule has 1 saturated heterocycles. The van der Waals surface area contributed by atoms with Gasteiger partial charge in [-0.15, -0.1) is 10.2 Å². The van der Waals surface area contributed by atoms with E-state index in [4.69, 9.17) is 4.42 Å². The van der Waals surface area contributed by atoms with Crippen LogP contribution in [0.15, 0.2) is 9.64 Å². The molecule has 1 atom stereocenters. The van der Waals surface area contributed by atoms with Crippen LogP contribution in [0.5, 0.6) is 0 Å². The summed E-state index contributed by atoms with van der Waals surface area (Å²) in [6, 6.07) is -0.204. The smallest absolute Gasteiger partial charge is 0.277 e. The lowest BCUT2D eigenvalue weighted by Gasteiger charge is -2.28. The van der Waals surface area contributed by atoms with Crippen molar-refractivity contribution in [3.63, 3.8) is 0 Å². The molecule has 0 radical (unpaired) electrons. The fourth-order valence-electron chi connectivity index (χ4n) is 2.55. The maximum absolute atomic E-state index is 12.6. The molecule has 1 aliphatic heterocycles. The largest absolute Gasteiger partial charge is 0.415 e. The number of thioether (sulfide) groups is 2. The number of unbranched alkanes of at least 4 members (excludes halogenated alkanes) is 1. The number of nitrogens with zero attached hydrogens (tertiary/aromatic N) is 3. The Labute approximate surface area is 151 Å². The molecule has 1 aliphatic rings. The second-order valence-corrected chi connectivity index (χ2v) is 9.70. The normalized spacial score (nSPS) is 19.5. The molecule has 0 saturated carbocycles. The van der Waals surface area contributed by atoms with Crippen LogP contribution in [0.3, 0.4) is 0 Å². The summed E-state index contributed by atoms with van der Waals surface area (Å²) in [5, 5.41) is 8.20. The van der Waals surface area contributed by atoms with Gasteiger partial charge in [-0.25, -0.2) is 8.42 Å². The summed E-state index contributed by atoms with van der Waals surface area (Å²) in [5.74, 6) is 1.54. The van der Waals surface area contributed by atoms with Gasteiger partial charge in [-0.3, -0.25) is 4.79 Å². The first-order chi connectivity index (χ1) is 11.4. The van der Waals surface area contributed by atoms with E-state index < -0.39 is 9.84 Å². The van der Waals surface area contributed by atoms with Gasteiger partial charge in [0.1, 0.15) is 0 Å². The summed E-state index contributed by atoms with van der Waals surface area (Å²) in [6.45, 7) is 2.64. The van der Waals surface area contributed by atoms with Crippen molar-refractivity contribution in [2.75, 3.05) is 30.1 Å². The predicted octanol–water partition coefficient (Wildman–Crippen LogP) is 1.84. The van der Waals surface area contributed by atoms with Crippen LogP contribution in [0.1, 0.15) is 32.1 Å². The molecule has 0 aliphatic carbocycles. The Kier molecular flexibility index (Phi) is 7.42. The Morgan fingerprint density at radius 3 is 2.83 bits per heavy atom. The molecule has 24 heavy (non-hydrogen) atoms. The number of hydrogen-bond acceptors (Lipinski definition) is 8. The van der Waals surface area contributed by atoms with Crippen molar-refractivity contribution >= 4 is 39.3 Å². The predicted molar refractivity (Wildman–Crippen MR) is 95.9 cm³/mol. The van der Waals surface area contributed by atoms with Gasteiger partial charge in [-0.2, -0.15) is 11.8 Å². The maximum Gasteiger partial charge on any atom is 0.277 e. The first-order valence-electron chi connectivity index (χ1n) is 7.89. The Morgan fingerprint density at radius 1 is 1.42 bits per heavy atom. The van der Waals surface area contributed by atoms with Gasteiger partial charge in [0, 0.05) is 12.6 Å². The number of aromatic nitrogens is 2. The van der Waals surface area contributed by atoms with E-state index in [0.29, 0.717) is 29.8 Å². The Morgan fingerprint density at radius 2 is 2.21 bits per heavy atom. The summed E-state index contributed by atoms with van der Waals surface area (Å²) in [7, 11) is -3.01. The first-order valence-corrected chi connectivity index (χ1v) is 12.1. The average Bonchev–Trinajstić information content (AvgIpc) is 3.12. The summed E-state index contributed by atoms with van der Waals surface area (Å²) in [5.41, 5.74) is 0. The minimum atomic E-state index is -3.01. The van der Waals surface area contributed by atoms with Crippen molar-refractivity contribution in [2.24, 2.45) is 0 Å². The van der Waals surface area contributed by atoms with Crippen LogP contribution in [0.4, 0.5) is 0 Å². The van der Waals surface area contributed by atoms with E-state index in [1.54, 1.807) is 16.7 Å². The summed E-state index contributed by atoms with van der Waals surface area (Å²) >= 11 is 2.79. The minimum Gasteiger partial charge on any atom is -0.415 e. The standard InChI is InChI=1S/C14H23N3O4S3/c1-3-4-6-17(11-5-7-24(19,20)10-11)13(18)9-23-14-16-15-12(21-14)8-22-2/h11H,3-10H2,1-2H3. The van der Waals surface area contributed by atoms with E-state index in [1.807, 2.05) is 6.26 Å².